The van der Waals surface area contributed by atoms with Crippen molar-refractivity contribution in [3.05, 3.63) is 36.5 Å². The molecule has 6 heteroatoms. The minimum absolute atomic E-state index is 0.0540. The Morgan fingerprint density at radius 2 is 1.92 bits per heavy atom. The lowest BCUT2D eigenvalue weighted by molar-refractivity contribution is -0.136. The summed E-state index contributed by atoms with van der Waals surface area (Å²) in [6, 6.07) is -0.422. The molecule has 0 aromatic carbocycles. The van der Waals surface area contributed by atoms with Crippen molar-refractivity contribution in [2.75, 3.05) is 13.2 Å². The van der Waals surface area contributed by atoms with Crippen LogP contribution >= 0.6 is 0 Å². The summed E-state index contributed by atoms with van der Waals surface area (Å²) in [6.45, 7) is 18.4. The zero-order valence-electron chi connectivity index (χ0n) is 17.4. The number of esters is 1. The van der Waals surface area contributed by atoms with Crippen LogP contribution in [-0.4, -0.2) is 44.8 Å². The fourth-order valence-electron chi connectivity index (χ4n) is 1.87. The van der Waals surface area contributed by atoms with E-state index in [2.05, 4.69) is 40.4 Å². The summed E-state index contributed by atoms with van der Waals surface area (Å²) in [5.74, 6) is -0.461. The van der Waals surface area contributed by atoms with E-state index in [0.717, 1.165) is 5.57 Å². The van der Waals surface area contributed by atoms with Gasteiger partial charge in [0.1, 0.15) is 6.61 Å². The number of carbonyl (C=O) groups is 1. The van der Waals surface area contributed by atoms with Gasteiger partial charge in [0.2, 0.25) is 0 Å². The molecule has 0 aliphatic carbocycles. The Morgan fingerprint density at radius 3 is 2.38 bits per heavy atom. The summed E-state index contributed by atoms with van der Waals surface area (Å²) < 4.78 is 11.5. The minimum Gasteiger partial charge on any atom is -0.458 e. The average molecular weight is 384 g/mol. The molecule has 0 amide bonds. The fraction of sp³-hybridized carbons (Fsp3) is 0.650. The lowest BCUT2D eigenvalue weighted by Gasteiger charge is -2.40. The molecule has 150 valence electrons. The van der Waals surface area contributed by atoms with Crippen LogP contribution in [0.4, 0.5) is 0 Å². The number of aliphatic hydroxyl groups excluding tert-OH is 1. The molecule has 0 heterocycles. The van der Waals surface area contributed by atoms with E-state index >= 15 is 0 Å². The highest BCUT2D eigenvalue weighted by Crippen LogP contribution is 2.38. The number of ether oxygens (including phenoxy) is 1. The first-order valence-electron chi connectivity index (χ1n) is 9.04. The van der Waals surface area contributed by atoms with Gasteiger partial charge in [0.15, 0.2) is 8.32 Å². The normalized spacial score (nSPS) is 17.0. The maximum atomic E-state index is 11.7. The third kappa shape index (κ3) is 8.45. The number of hydrogen-bond donors (Lipinski definition) is 2. The number of aliphatic hydroxyl groups is 1. The molecule has 0 spiro atoms. The molecular formula is C20H37NO4Si. The Labute approximate surface area is 160 Å². The van der Waals surface area contributed by atoms with E-state index < -0.39 is 20.3 Å². The van der Waals surface area contributed by atoms with Crippen LogP contribution in [0, 0.1) is 5.92 Å². The first-order valence-corrected chi connectivity index (χ1v) is 11.9. The van der Waals surface area contributed by atoms with Crippen LogP contribution < -0.4 is 5.73 Å². The molecule has 0 aliphatic rings. The predicted octanol–water partition coefficient (Wildman–Crippen LogP) is 3.56. The minimum atomic E-state index is -2.03. The van der Waals surface area contributed by atoms with Crippen molar-refractivity contribution < 1.29 is 19.1 Å². The molecule has 0 bridgehead atoms. The fourth-order valence-corrected chi connectivity index (χ4v) is 3.18. The first-order chi connectivity index (χ1) is 11.9. The molecule has 0 aromatic heterocycles. The smallest absolute Gasteiger partial charge is 0.330 e. The van der Waals surface area contributed by atoms with Crippen LogP contribution in [0.5, 0.6) is 0 Å². The molecule has 0 radical (unpaired) electrons. The molecule has 3 N–H and O–H groups in total. The van der Waals surface area contributed by atoms with Gasteiger partial charge in [-0.1, -0.05) is 58.1 Å². The summed E-state index contributed by atoms with van der Waals surface area (Å²) >= 11 is 0. The van der Waals surface area contributed by atoms with Gasteiger partial charge >= 0.3 is 5.97 Å². The van der Waals surface area contributed by atoms with E-state index in [1.807, 2.05) is 19.9 Å². The van der Waals surface area contributed by atoms with Gasteiger partial charge in [-0.2, -0.15) is 0 Å². The van der Waals surface area contributed by atoms with Gasteiger partial charge in [-0.3, -0.25) is 0 Å². The number of rotatable bonds is 10. The van der Waals surface area contributed by atoms with Crippen molar-refractivity contribution in [1.82, 2.24) is 0 Å². The van der Waals surface area contributed by atoms with E-state index in [1.54, 1.807) is 6.08 Å². The van der Waals surface area contributed by atoms with E-state index in [9.17, 15) is 9.90 Å². The maximum Gasteiger partial charge on any atom is 0.330 e. The number of carbonyl (C=O) groups excluding carboxylic acids is 1. The Kier molecular flexibility index (Phi) is 10.3. The van der Waals surface area contributed by atoms with Crippen LogP contribution in [0.2, 0.25) is 18.1 Å². The van der Waals surface area contributed by atoms with E-state index in [1.165, 1.54) is 12.2 Å². The monoisotopic (exact) mass is 383 g/mol. The zero-order chi connectivity index (χ0) is 20.5. The second-order valence-electron chi connectivity index (χ2n) is 8.18. The van der Waals surface area contributed by atoms with Crippen molar-refractivity contribution in [3.8, 4) is 0 Å². The third-order valence-corrected chi connectivity index (χ3v) is 9.32. The Morgan fingerprint density at radius 1 is 1.35 bits per heavy atom. The van der Waals surface area contributed by atoms with E-state index in [-0.39, 0.29) is 30.3 Å². The van der Waals surface area contributed by atoms with Gasteiger partial charge in [-0.15, -0.1) is 0 Å². The second kappa shape index (κ2) is 10.8. The van der Waals surface area contributed by atoms with Gasteiger partial charge in [0, 0.05) is 18.0 Å². The molecule has 3 atom stereocenters. The number of nitrogens with two attached hydrogens (primary N) is 1. The maximum absolute atomic E-state index is 11.7. The highest BCUT2D eigenvalue weighted by molar-refractivity contribution is 6.74. The van der Waals surface area contributed by atoms with Crippen molar-refractivity contribution in [3.63, 3.8) is 0 Å². The Balaban J connectivity index is 5.47. The van der Waals surface area contributed by atoms with Gasteiger partial charge in [-0.05, 0) is 25.1 Å². The molecule has 0 rings (SSSR count). The number of hydrogen-bond acceptors (Lipinski definition) is 5. The lowest BCUT2D eigenvalue weighted by Crippen LogP contribution is -2.45. The van der Waals surface area contributed by atoms with Gasteiger partial charge in [0.05, 0.1) is 12.7 Å². The van der Waals surface area contributed by atoms with Crippen molar-refractivity contribution >= 4 is 14.3 Å². The SMILES string of the molecule is C=CCOC(=O)/C=C/[C@H](C)[C@H](/C=C(\C)[C@@H](N)CO)O[Si](C)(C)C(C)(C)C. The van der Waals surface area contributed by atoms with Crippen LogP contribution in [0.1, 0.15) is 34.6 Å². The Hall–Kier alpha value is -1.21. The van der Waals surface area contributed by atoms with Gasteiger partial charge in [-0.25, -0.2) is 4.79 Å². The zero-order valence-corrected chi connectivity index (χ0v) is 18.4. The topological polar surface area (TPSA) is 81.8 Å². The van der Waals surface area contributed by atoms with Crippen LogP contribution in [0.3, 0.4) is 0 Å². The first kappa shape index (κ1) is 24.8. The highest BCUT2D eigenvalue weighted by atomic mass is 28.4. The standard InChI is InChI=1S/C20H37NO4Si/c1-9-12-24-19(23)11-10-15(2)18(13-16(3)17(21)14-22)25-26(7,8)20(4,5)6/h9-11,13,15,17-18,22H,1,12,14,21H2,2-8H3/b11-10+,16-13+/t15-,17-,18-/m0/s1. The molecular weight excluding hydrogens is 346 g/mol. The molecule has 0 unspecified atom stereocenters. The second-order valence-corrected chi connectivity index (χ2v) is 12.9. The van der Waals surface area contributed by atoms with Crippen molar-refractivity contribution in [2.45, 2.75) is 64.9 Å². The van der Waals surface area contributed by atoms with E-state index in [4.69, 9.17) is 14.9 Å². The quantitative estimate of drug-likeness (QED) is 0.261. The largest absolute Gasteiger partial charge is 0.458 e. The van der Waals surface area contributed by atoms with Crippen LogP contribution in [-0.2, 0) is 14.0 Å². The molecule has 0 aromatic rings. The molecule has 5 nitrogen and oxygen atoms in total. The summed E-state index contributed by atoms with van der Waals surface area (Å²) in [7, 11) is -2.03. The molecule has 0 saturated heterocycles. The van der Waals surface area contributed by atoms with Crippen LogP contribution in [0.25, 0.3) is 0 Å². The summed E-state index contributed by atoms with van der Waals surface area (Å²) in [6.07, 6.45) is 6.46. The Bertz CT molecular complexity index is 520. The van der Waals surface area contributed by atoms with Crippen molar-refractivity contribution in [2.24, 2.45) is 11.7 Å². The lowest BCUT2D eigenvalue weighted by atomic mass is 10.00. The molecule has 0 saturated carbocycles. The summed E-state index contributed by atoms with van der Waals surface area (Å²) in [4.78, 5) is 11.7. The molecule has 0 aliphatic heterocycles. The molecule has 0 fully saturated rings. The van der Waals surface area contributed by atoms with Crippen LogP contribution in [0.15, 0.2) is 36.5 Å². The summed E-state index contributed by atoms with van der Waals surface area (Å²) in [5.41, 5.74) is 6.79. The predicted molar refractivity (Wildman–Crippen MR) is 110 cm³/mol. The van der Waals surface area contributed by atoms with Gasteiger partial charge < -0.3 is 20.0 Å². The summed E-state index contributed by atoms with van der Waals surface area (Å²) in [5, 5.41) is 9.35. The van der Waals surface area contributed by atoms with E-state index in [0.29, 0.717) is 0 Å². The highest BCUT2D eigenvalue weighted by Gasteiger charge is 2.39. The third-order valence-electron chi connectivity index (χ3n) is 4.84. The van der Waals surface area contributed by atoms with Crippen molar-refractivity contribution in [1.29, 1.82) is 0 Å². The average Bonchev–Trinajstić information content (AvgIpc) is 2.54. The van der Waals surface area contributed by atoms with Gasteiger partial charge in [0.25, 0.3) is 0 Å². The molecule has 26 heavy (non-hydrogen) atoms.